The minimum atomic E-state index is -1.27. The third-order valence-corrected chi connectivity index (χ3v) is 3.73. The third kappa shape index (κ3) is 2.38. The van der Waals surface area contributed by atoms with Gasteiger partial charge >= 0.3 is 0 Å². The summed E-state index contributed by atoms with van der Waals surface area (Å²) in [6.07, 6.45) is 3.19. The first-order valence-corrected chi connectivity index (χ1v) is 6.83. The van der Waals surface area contributed by atoms with Crippen molar-refractivity contribution >= 4 is 10.9 Å². The van der Waals surface area contributed by atoms with E-state index in [0.29, 0.717) is 17.7 Å². The summed E-state index contributed by atoms with van der Waals surface area (Å²) in [6, 6.07) is 12.4. The van der Waals surface area contributed by atoms with Gasteiger partial charge in [-0.25, -0.2) is 4.39 Å². The molecule has 3 nitrogen and oxygen atoms in total. The summed E-state index contributed by atoms with van der Waals surface area (Å²) in [6.45, 7) is 1.86. The summed E-state index contributed by atoms with van der Waals surface area (Å²) in [5.74, 6) is -0.422. The van der Waals surface area contributed by atoms with Gasteiger partial charge in [-0.15, -0.1) is 0 Å². The average molecular weight is 282 g/mol. The zero-order chi connectivity index (χ0) is 14.9. The number of pyridine rings is 2. The molecule has 0 radical (unpaired) electrons. The van der Waals surface area contributed by atoms with E-state index in [2.05, 4.69) is 9.97 Å². The number of hydrogen-bond donors (Lipinski definition) is 1. The van der Waals surface area contributed by atoms with Crippen LogP contribution in [-0.4, -0.2) is 15.1 Å². The van der Waals surface area contributed by atoms with E-state index in [1.165, 1.54) is 12.1 Å². The van der Waals surface area contributed by atoms with Gasteiger partial charge in [-0.3, -0.25) is 9.97 Å². The predicted molar refractivity (Wildman–Crippen MR) is 79.2 cm³/mol. The number of hydrogen-bond acceptors (Lipinski definition) is 3. The maximum absolute atomic E-state index is 13.0. The molecule has 0 aliphatic heterocycles. The van der Waals surface area contributed by atoms with E-state index in [9.17, 15) is 9.50 Å². The lowest BCUT2D eigenvalue weighted by Gasteiger charge is -2.26. The fraction of sp³-hybridized carbons (Fsp3) is 0.176. The molecular weight excluding hydrogens is 267 g/mol. The lowest BCUT2D eigenvalue weighted by Crippen LogP contribution is -2.27. The Kier molecular flexibility index (Phi) is 3.39. The van der Waals surface area contributed by atoms with Crippen LogP contribution in [0.5, 0.6) is 0 Å². The minimum absolute atomic E-state index is 0.420. The number of fused-ring (bicyclic) bond motifs is 1. The summed E-state index contributed by atoms with van der Waals surface area (Å²) >= 11 is 0. The largest absolute Gasteiger partial charge is 0.379 e. The molecule has 1 N–H and O–H groups in total. The highest BCUT2D eigenvalue weighted by molar-refractivity contribution is 5.79. The van der Waals surface area contributed by atoms with Crippen LogP contribution in [0.25, 0.3) is 10.9 Å². The van der Waals surface area contributed by atoms with Crippen molar-refractivity contribution in [3.8, 4) is 0 Å². The molecule has 2 heterocycles. The van der Waals surface area contributed by atoms with Crippen molar-refractivity contribution in [3.63, 3.8) is 0 Å². The van der Waals surface area contributed by atoms with Crippen molar-refractivity contribution in [1.82, 2.24) is 9.97 Å². The minimum Gasteiger partial charge on any atom is -0.379 e. The van der Waals surface area contributed by atoms with Gasteiger partial charge in [-0.2, -0.15) is 0 Å². The number of halogens is 1. The number of benzene rings is 1. The van der Waals surface area contributed by atoms with E-state index in [-0.39, 0.29) is 0 Å². The molecule has 0 saturated heterocycles. The molecule has 0 amide bonds. The van der Waals surface area contributed by atoms with E-state index in [0.717, 1.165) is 17.1 Å². The van der Waals surface area contributed by atoms with Gasteiger partial charge in [0.2, 0.25) is 0 Å². The Balaban J connectivity index is 2.14. The van der Waals surface area contributed by atoms with Crippen LogP contribution in [0.15, 0.2) is 54.9 Å². The van der Waals surface area contributed by atoms with Gasteiger partial charge in [0.05, 0.1) is 17.4 Å². The molecule has 106 valence electrons. The van der Waals surface area contributed by atoms with Crippen LogP contribution in [0.3, 0.4) is 0 Å². The number of para-hydroxylation sites is 1. The Morgan fingerprint density at radius 1 is 1.10 bits per heavy atom. The first-order valence-electron chi connectivity index (χ1n) is 6.83. The molecule has 4 heteroatoms. The first-order chi connectivity index (χ1) is 10.1. The van der Waals surface area contributed by atoms with Crippen LogP contribution >= 0.6 is 0 Å². The van der Waals surface area contributed by atoms with Gasteiger partial charge in [-0.1, -0.05) is 25.1 Å². The normalized spacial score (nSPS) is 14.0. The molecule has 0 fully saturated rings. The predicted octanol–water partition coefficient (Wildman–Crippen LogP) is 3.41. The van der Waals surface area contributed by atoms with Gasteiger partial charge in [0.15, 0.2) is 0 Å². The smallest absolute Gasteiger partial charge is 0.141 e. The monoisotopic (exact) mass is 282 g/mol. The second kappa shape index (κ2) is 5.22. The molecule has 0 saturated carbocycles. The SMILES string of the molecule is CCC(O)(c1cnc2ccccc2c1)c1ccc(F)cn1. The quantitative estimate of drug-likeness (QED) is 0.800. The van der Waals surface area contributed by atoms with Crippen molar-refractivity contribution in [2.45, 2.75) is 18.9 Å². The Hall–Kier alpha value is -2.33. The van der Waals surface area contributed by atoms with E-state index >= 15 is 0 Å². The Bertz CT molecular complexity index is 773. The number of nitrogens with zero attached hydrogens (tertiary/aromatic N) is 2. The fourth-order valence-electron chi connectivity index (χ4n) is 2.45. The van der Waals surface area contributed by atoms with Crippen molar-refractivity contribution in [2.24, 2.45) is 0 Å². The van der Waals surface area contributed by atoms with Crippen LogP contribution in [0.2, 0.25) is 0 Å². The van der Waals surface area contributed by atoms with Crippen molar-refractivity contribution in [1.29, 1.82) is 0 Å². The van der Waals surface area contributed by atoms with Gasteiger partial charge in [-0.05, 0) is 30.7 Å². The highest BCUT2D eigenvalue weighted by atomic mass is 19.1. The van der Waals surface area contributed by atoms with Crippen molar-refractivity contribution in [2.75, 3.05) is 0 Å². The van der Waals surface area contributed by atoms with Crippen LogP contribution < -0.4 is 0 Å². The van der Waals surface area contributed by atoms with Crippen molar-refractivity contribution in [3.05, 3.63) is 71.9 Å². The molecule has 0 bridgehead atoms. The number of aliphatic hydroxyl groups is 1. The zero-order valence-electron chi connectivity index (χ0n) is 11.6. The molecule has 0 aliphatic rings. The lowest BCUT2D eigenvalue weighted by atomic mass is 9.88. The number of aromatic nitrogens is 2. The Morgan fingerprint density at radius 2 is 1.90 bits per heavy atom. The van der Waals surface area contributed by atoms with Gasteiger partial charge in [0.1, 0.15) is 11.4 Å². The first kappa shape index (κ1) is 13.6. The average Bonchev–Trinajstić information content (AvgIpc) is 2.54. The lowest BCUT2D eigenvalue weighted by molar-refractivity contribution is 0.0716. The summed E-state index contributed by atoms with van der Waals surface area (Å²) in [5.41, 5.74) is 0.670. The molecule has 1 aromatic carbocycles. The molecule has 0 aliphatic carbocycles. The molecule has 2 aromatic heterocycles. The highest BCUT2D eigenvalue weighted by Gasteiger charge is 2.31. The van der Waals surface area contributed by atoms with Gasteiger partial charge in [0, 0.05) is 17.1 Å². The van der Waals surface area contributed by atoms with E-state index < -0.39 is 11.4 Å². The standard InChI is InChI=1S/C17H15FN2O/c1-2-17(21,16-8-7-14(18)11-20-16)13-9-12-5-3-4-6-15(12)19-10-13/h3-11,21H,2H2,1H3. The highest BCUT2D eigenvalue weighted by Crippen LogP contribution is 2.32. The van der Waals surface area contributed by atoms with E-state index in [1.54, 1.807) is 6.20 Å². The van der Waals surface area contributed by atoms with Crippen LogP contribution in [-0.2, 0) is 5.60 Å². The Morgan fingerprint density at radius 3 is 2.62 bits per heavy atom. The molecule has 3 rings (SSSR count). The second-order valence-corrected chi connectivity index (χ2v) is 4.99. The summed E-state index contributed by atoms with van der Waals surface area (Å²) < 4.78 is 13.0. The van der Waals surface area contributed by atoms with Crippen LogP contribution in [0.1, 0.15) is 24.6 Å². The van der Waals surface area contributed by atoms with E-state index in [1.807, 2.05) is 37.3 Å². The van der Waals surface area contributed by atoms with Crippen LogP contribution in [0.4, 0.5) is 4.39 Å². The van der Waals surface area contributed by atoms with Crippen LogP contribution in [0, 0.1) is 5.82 Å². The summed E-state index contributed by atoms with van der Waals surface area (Å²) in [7, 11) is 0. The maximum Gasteiger partial charge on any atom is 0.141 e. The fourth-order valence-corrected chi connectivity index (χ4v) is 2.45. The molecule has 1 unspecified atom stereocenters. The summed E-state index contributed by atoms with van der Waals surface area (Å²) in [4.78, 5) is 8.40. The second-order valence-electron chi connectivity index (χ2n) is 4.99. The molecule has 21 heavy (non-hydrogen) atoms. The topological polar surface area (TPSA) is 46.0 Å². The zero-order valence-corrected chi connectivity index (χ0v) is 11.6. The molecule has 0 spiro atoms. The van der Waals surface area contributed by atoms with Crippen molar-refractivity contribution < 1.29 is 9.50 Å². The summed E-state index contributed by atoms with van der Waals surface area (Å²) in [5, 5.41) is 11.9. The number of rotatable bonds is 3. The van der Waals surface area contributed by atoms with Gasteiger partial charge in [0.25, 0.3) is 0 Å². The Labute approximate surface area is 122 Å². The molecule has 3 aromatic rings. The molecule has 1 atom stereocenters. The molecular formula is C17H15FN2O. The third-order valence-electron chi connectivity index (χ3n) is 3.73. The van der Waals surface area contributed by atoms with Gasteiger partial charge < -0.3 is 5.11 Å². The maximum atomic E-state index is 13.0. The van der Waals surface area contributed by atoms with E-state index in [4.69, 9.17) is 0 Å².